The SMILES string of the molecule is CC(C)CNC(=O)c1ccc(NC(=O)NC[C@@H]2CCCO2)cc1. The number of urea groups is 1. The van der Waals surface area contributed by atoms with Gasteiger partial charge in [-0.1, -0.05) is 13.8 Å². The van der Waals surface area contributed by atoms with Gasteiger partial charge in [0.1, 0.15) is 0 Å². The summed E-state index contributed by atoms with van der Waals surface area (Å²) in [6, 6.07) is 6.57. The molecule has 0 unspecified atom stereocenters. The monoisotopic (exact) mass is 319 g/mol. The number of carbonyl (C=O) groups is 2. The van der Waals surface area contributed by atoms with Crippen molar-refractivity contribution in [3.8, 4) is 0 Å². The highest BCUT2D eigenvalue weighted by Gasteiger charge is 2.16. The highest BCUT2D eigenvalue weighted by molar-refractivity contribution is 5.95. The lowest BCUT2D eigenvalue weighted by Crippen LogP contribution is -2.35. The zero-order valence-electron chi connectivity index (χ0n) is 13.7. The lowest BCUT2D eigenvalue weighted by molar-refractivity contribution is 0.0949. The average Bonchev–Trinajstić information content (AvgIpc) is 3.05. The van der Waals surface area contributed by atoms with Crippen LogP contribution in [-0.2, 0) is 4.74 Å². The molecule has 1 aromatic rings. The van der Waals surface area contributed by atoms with Crippen LogP contribution >= 0.6 is 0 Å². The van der Waals surface area contributed by atoms with E-state index in [9.17, 15) is 9.59 Å². The topological polar surface area (TPSA) is 79.5 Å². The first-order valence-electron chi connectivity index (χ1n) is 8.09. The van der Waals surface area contributed by atoms with Crippen molar-refractivity contribution in [3.63, 3.8) is 0 Å². The van der Waals surface area contributed by atoms with Gasteiger partial charge in [-0.15, -0.1) is 0 Å². The molecule has 0 radical (unpaired) electrons. The first kappa shape index (κ1) is 17.3. The van der Waals surface area contributed by atoms with Gasteiger partial charge in [-0.25, -0.2) is 4.79 Å². The second-order valence-corrected chi connectivity index (χ2v) is 6.15. The minimum absolute atomic E-state index is 0.104. The highest BCUT2D eigenvalue weighted by atomic mass is 16.5. The third-order valence-electron chi connectivity index (χ3n) is 3.59. The number of rotatable bonds is 6. The van der Waals surface area contributed by atoms with Crippen LogP contribution in [0.15, 0.2) is 24.3 Å². The van der Waals surface area contributed by atoms with Crippen LogP contribution < -0.4 is 16.0 Å². The van der Waals surface area contributed by atoms with Gasteiger partial charge in [-0.3, -0.25) is 4.79 Å². The smallest absolute Gasteiger partial charge is 0.319 e. The van der Waals surface area contributed by atoms with E-state index in [0.717, 1.165) is 19.4 Å². The molecule has 1 aromatic carbocycles. The van der Waals surface area contributed by atoms with E-state index < -0.39 is 0 Å². The first-order valence-corrected chi connectivity index (χ1v) is 8.09. The van der Waals surface area contributed by atoms with E-state index in [4.69, 9.17) is 4.74 Å². The van der Waals surface area contributed by atoms with Crippen LogP contribution in [-0.4, -0.2) is 37.7 Å². The number of hydrogen-bond donors (Lipinski definition) is 3. The van der Waals surface area contributed by atoms with Gasteiger partial charge < -0.3 is 20.7 Å². The number of amides is 3. The number of hydrogen-bond acceptors (Lipinski definition) is 3. The molecule has 1 saturated heterocycles. The summed E-state index contributed by atoms with van der Waals surface area (Å²) in [6.07, 6.45) is 2.15. The number of anilines is 1. The van der Waals surface area contributed by atoms with Crippen molar-refractivity contribution in [1.82, 2.24) is 10.6 Å². The van der Waals surface area contributed by atoms with Crippen LogP contribution in [0.1, 0.15) is 37.0 Å². The Labute approximate surface area is 137 Å². The quantitative estimate of drug-likeness (QED) is 0.753. The molecule has 6 nitrogen and oxygen atoms in total. The van der Waals surface area contributed by atoms with Crippen molar-refractivity contribution in [2.75, 3.05) is 25.0 Å². The van der Waals surface area contributed by atoms with Gasteiger partial charge in [0, 0.05) is 30.9 Å². The van der Waals surface area contributed by atoms with Crippen molar-refractivity contribution in [3.05, 3.63) is 29.8 Å². The van der Waals surface area contributed by atoms with Crippen molar-refractivity contribution < 1.29 is 14.3 Å². The van der Waals surface area contributed by atoms with Gasteiger partial charge in [0.15, 0.2) is 0 Å². The maximum absolute atomic E-state index is 11.9. The fraction of sp³-hybridized carbons (Fsp3) is 0.529. The van der Waals surface area contributed by atoms with Crippen molar-refractivity contribution in [1.29, 1.82) is 0 Å². The Morgan fingerprint density at radius 1 is 1.22 bits per heavy atom. The normalized spacial score (nSPS) is 17.1. The molecule has 3 amide bonds. The zero-order chi connectivity index (χ0) is 16.7. The molecule has 126 valence electrons. The van der Waals surface area contributed by atoms with E-state index in [1.165, 1.54) is 0 Å². The zero-order valence-corrected chi connectivity index (χ0v) is 13.7. The van der Waals surface area contributed by atoms with Crippen LogP contribution in [0.5, 0.6) is 0 Å². The molecular formula is C17H25N3O3. The summed E-state index contributed by atoms with van der Waals surface area (Å²) < 4.78 is 5.45. The largest absolute Gasteiger partial charge is 0.376 e. The Hall–Kier alpha value is -2.08. The summed E-state index contributed by atoms with van der Waals surface area (Å²) >= 11 is 0. The number of nitrogens with one attached hydrogen (secondary N) is 3. The van der Waals surface area contributed by atoms with Crippen molar-refractivity contribution >= 4 is 17.6 Å². The summed E-state index contributed by atoms with van der Waals surface area (Å²) in [4.78, 5) is 23.7. The molecule has 3 N–H and O–H groups in total. The Kier molecular flexibility index (Phi) is 6.40. The van der Waals surface area contributed by atoms with Gasteiger partial charge in [0.2, 0.25) is 0 Å². The molecule has 1 aliphatic heterocycles. The number of benzene rings is 1. The van der Waals surface area contributed by atoms with E-state index in [0.29, 0.717) is 30.3 Å². The van der Waals surface area contributed by atoms with Crippen molar-refractivity contribution in [2.45, 2.75) is 32.8 Å². The molecule has 1 atom stereocenters. The standard InChI is InChI=1S/C17H25N3O3/c1-12(2)10-18-16(21)13-5-7-14(8-6-13)20-17(22)19-11-15-4-3-9-23-15/h5-8,12,15H,3-4,9-11H2,1-2H3,(H,18,21)(H2,19,20,22)/t15-/m0/s1. The minimum atomic E-state index is -0.266. The van der Waals surface area contributed by atoms with Gasteiger partial charge >= 0.3 is 6.03 Å². The molecule has 0 saturated carbocycles. The lowest BCUT2D eigenvalue weighted by Gasteiger charge is -2.12. The molecular weight excluding hydrogens is 294 g/mol. The number of ether oxygens (including phenoxy) is 1. The third-order valence-corrected chi connectivity index (χ3v) is 3.59. The van der Waals surface area contributed by atoms with Gasteiger partial charge in [-0.05, 0) is 43.0 Å². The van der Waals surface area contributed by atoms with E-state index in [2.05, 4.69) is 16.0 Å². The van der Waals surface area contributed by atoms with Crippen molar-refractivity contribution in [2.24, 2.45) is 5.92 Å². The molecule has 0 bridgehead atoms. The van der Waals surface area contributed by atoms with Crippen LogP contribution in [0.2, 0.25) is 0 Å². The van der Waals surface area contributed by atoms with Crippen LogP contribution in [0.3, 0.4) is 0 Å². The summed E-state index contributed by atoms with van der Waals surface area (Å²) in [5.74, 6) is 0.306. The molecule has 0 aliphatic carbocycles. The maximum atomic E-state index is 11.9. The summed E-state index contributed by atoms with van der Waals surface area (Å²) in [5.41, 5.74) is 1.23. The molecule has 6 heteroatoms. The molecule has 0 aromatic heterocycles. The lowest BCUT2D eigenvalue weighted by atomic mass is 10.1. The number of carbonyl (C=O) groups excluding carboxylic acids is 2. The second-order valence-electron chi connectivity index (χ2n) is 6.15. The molecule has 0 spiro atoms. The van der Waals surface area contributed by atoms with E-state index in [-0.39, 0.29) is 18.0 Å². The summed E-state index contributed by atoms with van der Waals surface area (Å²) in [6.45, 7) is 6.02. The molecule has 1 heterocycles. The predicted octanol–water partition coefficient (Wildman–Crippen LogP) is 2.37. The van der Waals surface area contributed by atoms with Gasteiger partial charge in [-0.2, -0.15) is 0 Å². The highest BCUT2D eigenvalue weighted by Crippen LogP contribution is 2.11. The van der Waals surface area contributed by atoms with Crippen LogP contribution in [0.4, 0.5) is 10.5 Å². The van der Waals surface area contributed by atoms with E-state index in [1.807, 2.05) is 13.8 Å². The Bertz CT molecular complexity index is 522. The maximum Gasteiger partial charge on any atom is 0.319 e. The minimum Gasteiger partial charge on any atom is -0.376 e. The van der Waals surface area contributed by atoms with Gasteiger partial charge in [0.25, 0.3) is 5.91 Å². The first-order chi connectivity index (χ1) is 11.0. The average molecular weight is 319 g/mol. The summed E-state index contributed by atoms with van der Waals surface area (Å²) in [7, 11) is 0. The molecule has 23 heavy (non-hydrogen) atoms. The Morgan fingerprint density at radius 2 is 1.96 bits per heavy atom. The fourth-order valence-electron chi connectivity index (χ4n) is 2.29. The third kappa shape index (κ3) is 5.90. The summed E-state index contributed by atoms with van der Waals surface area (Å²) in [5, 5.41) is 8.39. The fourth-order valence-corrected chi connectivity index (χ4v) is 2.29. The van der Waals surface area contributed by atoms with Crippen LogP contribution in [0, 0.1) is 5.92 Å². The van der Waals surface area contributed by atoms with Gasteiger partial charge in [0.05, 0.1) is 6.10 Å². The van der Waals surface area contributed by atoms with E-state index >= 15 is 0 Å². The van der Waals surface area contributed by atoms with Crippen LogP contribution in [0.25, 0.3) is 0 Å². The Morgan fingerprint density at radius 3 is 2.57 bits per heavy atom. The Balaban J connectivity index is 1.77. The second kappa shape index (κ2) is 8.53. The van der Waals surface area contributed by atoms with E-state index in [1.54, 1.807) is 24.3 Å². The molecule has 1 aliphatic rings. The predicted molar refractivity (Wildman–Crippen MR) is 89.6 cm³/mol. The molecule has 2 rings (SSSR count). The molecule has 1 fully saturated rings.